The highest BCUT2D eigenvalue weighted by Crippen LogP contribution is 2.30. The number of hydrogen-bond acceptors (Lipinski definition) is 8. The number of benzene rings is 1. The van der Waals surface area contributed by atoms with Crippen molar-refractivity contribution >= 4 is 34.8 Å². The fraction of sp³-hybridized carbons (Fsp3) is 0.160. The largest absolute Gasteiger partial charge is 0.494 e. The molecule has 11 nitrogen and oxygen atoms in total. The number of imide groups is 1. The van der Waals surface area contributed by atoms with Crippen LogP contribution in [-0.4, -0.2) is 46.9 Å². The molecule has 2 aliphatic rings. The number of rotatable bonds is 3. The summed E-state index contributed by atoms with van der Waals surface area (Å²) in [5, 5.41) is 4.65. The smallest absolute Gasteiger partial charge is 0.322 e. The van der Waals surface area contributed by atoms with Gasteiger partial charge in [0, 0.05) is 31.4 Å². The summed E-state index contributed by atoms with van der Waals surface area (Å²) < 4.78 is 24.0. The molecule has 37 heavy (non-hydrogen) atoms. The number of anilines is 1. The van der Waals surface area contributed by atoms with Gasteiger partial charge in [-0.25, -0.2) is 19.2 Å². The quantitative estimate of drug-likeness (QED) is 0.360. The second-order valence-corrected chi connectivity index (χ2v) is 8.37. The number of methoxy groups -OCH3 is 1. The summed E-state index contributed by atoms with van der Waals surface area (Å²) in [7, 11) is 3.03. The van der Waals surface area contributed by atoms with Crippen molar-refractivity contribution in [3.63, 3.8) is 0 Å². The normalized spacial score (nSPS) is 16.2. The standard InChI is InChI=1S/C15H11N5O3.C10H10FNO2/c16-12-4-1-7(6-17-12)8-2-3-10-9(18-8)5-11(23-10)13-14(21)20-15(22)19-13;1-12-5-6-3-4-7(14-2)9(11)8(6)10(12)13/h1-6,13H,(H2,16,17)(H2,19,20,21,22);3-4H,5H2,1-2H3. The maximum atomic E-state index is 13.6. The number of ether oxygens (including phenoxy) is 1. The molecule has 1 saturated heterocycles. The van der Waals surface area contributed by atoms with Crippen LogP contribution in [-0.2, 0) is 11.3 Å². The van der Waals surface area contributed by atoms with Crippen molar-refractivity contribution in [1.29, 1.82) is 0 Å². The lowest BCUT2D eigenvalue weighted by Gasteiger charge is -2.05. The second kappa shape index (κ2) is 9.22. The number of furan rings is 1. The summed E-state index contributed by atoms with van der Waals surface area (Å²) in [6, 6.07) is 10.6. The number of aromatic nitrogens is 2. The van der Waals surface area contributed by atoms with Crippen LogP contribution in [0.25, 0.3) is 22.4 Å². The first-order valence-corrected chi connectivity index (χ1v) is 11.1. The zero-order chi connectivity index (χ0) is 26.3. The summed E-state index contributed by atoms with van der Waals surface area (Å²) in [6.07, 6.45) is 1.63. The Bertz CT molecular complexity index is 1550. The Morgan fingerprint density at radius 2 is 1.97 bits per heavy atom. The first-order valence-electron chi connectivity index (χ1n) is 11.1. The van der Waals surface area contributed by atoms with E-state index in [1.165, 1.54) is 12.0 Å². The van der Waals surface area contributed by atoms with Crippen molar-refractivity contribution in [3.05, 3.63) is 71.4 Å². The van der Waals surface area contributed by atoms with Gasteiger partial charge in [-0.3, -0.25) is 14.9 Å². The van der Waals surface area contributed by atoms with Gasteiger partial charge in [0.05, 0.1) is 18.4 Å². The minimum atomic E-state index is -0.835. The lowest BCUT2D eigenvalue weighted by atomic mass is 10.1. The number of nitrogens with two attached hydrogens (primary N) is 1. The van der Waals surface area contributed by atoms with Crippen molar-refractivity contribution in [2.45, 2.75) is 12.6 Å². The monoisotopic (exact) mass is 504 g/mol. The molecule has 1 atom stereocenters. The third kappa shape index (κ3) is 4.40. The third-order valence-corrected chi connectivity index (χ3v) is 5.91. The van der Waals surface area contributed by atoms with Crippen LogP contribution in [0.3, 0.4) is 0 Å². The van der Waals surface area contributed by atoms with Crippen LogP contribution in [0.15, 0.2) is 53.1 Å². The molecule has 188 valence electrons. The third-order valence-electron chi connectivity index (χ3n) is 5.91. The van der Waals surface area contributed by atoms with Gasteiger partial charge >= 0.3 is 6.03 Å². The van der Waals surface area contributed by atoms with Crippen LogP contribution in [0.4, 0.5) is 15.0 Å². The minimum absolute atomic E-state index is 0.118. The Hall–Kier alpha value is -5.00. The average Bonchev–Trinajstić information content (AvgIpc) is 3.54. The van der Waals surface area contributed by atoms with E-state index in [0.29, 0.717) is 34.9 Å². The molecule has 0 radical (unpaired) electrons. The Kier molecular flexibility index (Phi) is 5.91. The fourth-order valence-corrected chi connectivity index (χ4v) is 4.06. The number of fused-ring (bicyclic) bond motifs is 2. The molecule has 4 N–H and O–H groups in total. The van der Waals surface area contributed by atoms with E-state index in [9.17, 15) is 18.8 Å². The van der Waals surface area contributed by atoms with Crippen molar-refractivity contribution in [3.8, 4) is 17.0 Å². The number of halogens is 1. The number of nitrogen functional groups attached to an aromatic ring is 1. The van der Waals surface area contributed by atoms with E-state index in [2.05, 4.69) is 20.6 Å². The highest BCUT2D eigenvalue weighted by molar-refractivity contribution is 6.04. The van der Waals surface area contributed by atoms with E-state index in [1.54, 1.807) is 49.6 Å². The lowest BCUT2D eigenvalue weighted by Crippen LogP contribution is -2.22. The number of carbonyl (C=O) groups excluding carboxylic acids is 3. The zero-order valence-electron chi connectivity index (χ0n) is 19.7. The van der Waals surface area contributed by atoms with Crippen molar-refractivity contribution in [1.82, 2.24) is 25.5 Å². The molecule has 5 heterocycles. The Balaban J connectivity index is 0.000000171. The molecule has 1 aromatic carbocycles. The van der Waals surface area contributed by atoms with E-state index >= 15 is 0 Å². The molecule has 0 spiro atoms. The molecule has 3 aromatic heterocycles. The van der Waals surface area contributed by atoms with Crippen molar-refractivity contribution in [2.75, 3.05) is 19.9 Å². The van der Waals surface area contributed by atoms with Gasteiger partial charge in [-0.2, -0.15) is 0 Å². The Morgan fingerprint density at radius 1 is 1.16 bits per heavy atom. The van der Waals surface area contributed by atoms with Gasteiger partial charge in [0.15, 0.2) is 23.2 Å². The first kappa shape index (κ1) is 23.7. The summed E-state index contributed by atoms with van der Waals surface area (Å²) in [6.45, 7) is 0.467. The average molecular weight is 504 g/mol. The maximum absolute atomic E-state index is 13.6. The molecule has 1 fully saturated rings. The highest BCUT2D eigenvalue weighted by Gasteiger charge is 2.34. The number of pyridine rings is 2. The Morgan fingerprint density at radius 3 is 2.65 bits per heavy atom. The van der Waals surface area contributed by atoms with Crippen LogP contribution in [0.2, 0.25) is 0 Å². The number of amides is 4. The van der Waals surface area contributed by atoms with Gasteiger partial charge < -0.3 is 25.1 Å². The van der Waals surface area contributed by atoms with E-state index in [1.807, 2.05) is 6.07 Å². The van der Waals surface area contributed by atoms with E-state index in [4.69, 9.17) is 14.9 Å². The maximum Gasteiger partial charge on any atom is 0.322 e. The summed E-state index contributed by atoms with van der Waals surface area (Å²) in [4.78, 5) is 44.4. The van der Waals surface area contributed by atoms with E-state index in [0.717, 1.165) is 11.1 Å². The van der Waals surface area contributed by atoms with Crippen molar-refractivity contribution in [2.24, 2.45) is 0 Å². The van der Waals surface area contributed by atoms with Crippen LogP contribution >= 0.6 is 0 Å². The minimum Gasteiger partial charge on any atom is -0.494 e. The van der Waals surface area contributed by atoms with Gasteiger partial charge in [-0.1, -0.05) is 6.07 Å². The van der Waals surface area contributed by atoms with Gasteiger partial charge in [0.1, 0.15) is 17.1 Å². The number of urea groups is 1. The SMILES string of the molecule is COc1ccc2c(c1F)C(=O)N(C)C2.Nc1ccc(-c2ccc3oc(C4NC(=O)NC4=O)cc3n2)cn1. The predicted molar refractivity (Wildman–Crippen MR) is 130 cm³/mol. The summed E-state index contributed by atoms with van der Waals surface area (Å²) in [5.41, 5.74) is 9.07. The molecule has 6 rings (SSSR count). The predicted octanol–water partition coefficient (Wildman–Crippen LogP) is 2.77. The number of hydrogen-bond donors (Lipinski definition) is 3. The first-order chi connectivity index (χ1) is 17.7. The van der Waals surface area contributed by atoms with Gasteiger partial charge in [-0.15, -0.1) is 0 Å². The molecule has 0 bridgehead atoms. The van der Waals surface area contributed by atoms with Crippen molar-refractivity contribution < 1.29 is 27.9 Å². The van der Waals surface area contributed by atoms with Gasteiger partial charge in [0.2, 0.25) is 0 Å². The van der Waals surface area contributed by atoms with E-state index < -0.39 is 23.8 Å². The van der Waals surface area contributed by atoms with E-state index in [-0.39, 0.29) is 17.2 Å². The molecule has 4 amide bonds. The second-order valence-electron chi connectivity index (χ2n) is 8.37. The number of carbonyl (C=O) groups is 3. The van der Waals surface area contributed by atoms with Crippen LogP contribution in [0.5, 0.6) is 5.75 Å². The molecule has 2 aliphatic heterocycles. The topological polar surface area (TPSA) is 153 Å². The highest BCUT2D eigenvalue weighted by atomic mass is 19.1. The number of nitrogens with zero attached hydrogens (tertiary/aromatic N) is 3. The zero-order valence-corrected chi connectivity index (χ0v) is 19.7. The molecule has 12 heteroatoms. The van der Waals surface area contributed by atoms with Crippen LogP contribution in [0, 0.1) is 5.82 Å². The molecule has 0 saturated carbocycles. The van der Waals surface area contributed by atoms with Gasteiger partial charge in [0.25, 0.3) is 11.8 Å². The summed E-state index contributed by atoms with van der Waals surface area (Å²) >= 11 is 0. The number of nitrogens with one attached hydrogen (secondary N) is 2. The van der Waals surface area contributed by atoms with Crippen LogP contribution in [0.1, 0.15) is 27.7 Å². The molecule has 1 unspecified atom stereocenters. The molecule has 0 aliphatic carbocycles. The van der Waals surface area contributed by atoms with Crippen LogP contribution < -0.4 is 21.1 Å². The lowest BCUT2D eigenvalue weighted by molar-refractivity contribution is -0.120. The molecular formula is C25H21FN6O5. The fourth-order valence-electron chi connectivity index (χ4n) is 4.06. The summed E-state index contributed by atoms with van der Waals surface area (Å²) in [5.74, 6) is -0.396. The Labute approximate surface area is 209 Å². The van der Waals surface area contributed by atoms with Gasteiger partial charge in [-0.05, 0) is 35.9 Å². The molecule has 4 aromatic rings. The molecular weight excluding hydrogens is 483 g/mol.